The standard InChI is InChI=1S/C26H33ClFNO5/c1-6-33-23(31)26(5,16-30)15-20(29-24(32)34-25(2,3)4)13-17-7-9-18(10-8-17)21-14-19(27)11-12-22(21)28/h7-12,14,20,30H,6,13,15-16H2,1-5H3,(H,29,32). The molecule has 1 amide bonds. The van der Waals surface area contributed by atoms with Gasteiger partial charge in [-0.2, -0.15) is 0 Å². The number of aliphatic hydroxyl groups excluding tert-OH is 1. The van der Waals surface area contributed by atoms with E-state index in [0.717, 1.165) is 5.56 Å². The van der Waals surface area contributed by atoms with Crippen LogP contribution in [0.25, 0.3) is 11.1 Å². The number of ether oxygens (including phenoxy) is 2. The molecule has 2 aromatic rings. The Morgan fingerprint density at radius 2 is 1.76 bits per heavy atom. The highest BCUT2D eigenvalue weighted by Gasteiger charge is 2.37. The third-order valence-corrected chi connectivity index (χ3v) is 5.45. The maximum absolute atomic E-state index is 14.2. The van der Waals surface area contributed by atoms with Crippen LogP contribution in [-0.4, -0.2) is 42.0 Å². The molecule has 6 nitrogen and oxygen atoms in total. The van der Waals surface area contributed by atoms with Crippen molar-refractivity contribution >= 4 is 23.7 Å². The van der Waals surface area contributed by atoms with Crippen LogP contribution in [0.1, 0.15) is 46.6 Å². The van der Waals surface area contributed by atoms with Gasteiger partial charge in [-0.3, -0.25) is 4.79 Å². The Morgan fingerprint density at radius 3 is 2.32 bits per heavy atom. The van der Waals surface area contributed by atoms with Gasteiger partial charge in [-0.15, -0.1) is 0 Å². The van der Waals surface area contributed by atoms with E-state index in [1.807, 2.05) is 12.1 Å². The van der Waals surface area contributed by atoms with Gasteiger partial charge in [0.15, 0.2) is 0 Å². The van der Waals surface area contributed by atoms with Crippen LogP contribution in [0.4, 0.5) is 9.18 Å². The first kappa shape index (κ1) is 27.6. The molecule has 2 rings (SSSR count). The van der Waals surface area contributed by atoms with Crippen LogP contribution in [0.15, 0.2) is 42.5 Å². The van der Waals surface area contributed by atoms with Gasteiger partial charge in [-0.25, -0.2) is 9.18 Å². The van der Waals surface area contributed by atoms with E-state index in [1.165, 1.54) is 12.1 Å². The van der Waals surface area contributed by atoms with Gasteiger partial charge in [-0.05, 0) is 76.8 Å². The fourth-order valence-corrected chi connectivity index (χ4v) is 3.71. The highest BCUT2D eigenvalue weighted by atomic mass is 35.5. The maximum Gasteiger partial charge on any atom is 0.407 e. The molecule has 0 aliphatic carbocycles. The molecule has 0 fully saturated rings. The molecule has 0 radical (unpaired) electrons. The minimum atomic E-state index is -1.21. The van der Waals surface area contributed by atoms with E-state index in [2.05, 4.69) is 5.32 Å². The van der Waals surface area contributed by atoms with Gasteiger partial charge in [0.1, 0.15) is 11.4 Å². The third-order valence-electron chi connectivity index (χ3n) is 5.21. The number of alkyl carbamates (subject to hydrolysis) is 1. The molecule has 186 valence electrons. The number of esters is 1. The molecule has 34 heavy (non-hydrogen) atoms. The molecular weight excluding hydrogens is 461 g/mol. The van der Waals surface area contributed by atoms with Crippen molar-refractivity contribution in [1.82, 2.24) is 5.32 Å². The number of hydrogen-bond acceptors (Lipinski definition) is 5. The minimum Gasteiger partial charge on any atom is -0.466 e. The zero-order chi connectivity index (χ0) is 25.5. The first-order valence-corrected chi connectivity index (χ1v) is 11.6. The third kappa shape index (κ3) is 7.99. The van der Waals surface area contributed by atoms with Gasteiger partial charge in [0.2, 0.25) is 0 Å². The summed E-state index contributed by atoms with van der Waals surface area (Å²) in [5.41, 5.74) is -0.0145. The van der Waals surface area contributed by atoms with Crippen molar-refractivity contribution in [3.8, 4) is 11.1 Å². The van der Waals surface area contributed by atoms with Gasteiger partial charge in [0, 0.05) is 16.6 Å². The minimum absolute atomic E-state index is 0.131. The zero-order valence-corrected chi connectivity index (χ0v) is 21.0. The molecule has 2 atom stereocenters. The molecule has 0 bridgehead atoms. The quantitative estimate of drug-likeness (QED) is 0.448. The fraction of sp³-hybridized carbons (Fsp3) is 0.462. The number of nitrogens with one attached hydrogen (secondary N) is 1. The summed E-state index contributed by atoms with van der Waals surface area (Å²) in [7, 11) is 0. The molecule has 0 heterocycles. The second-order valence-corrected chi connectivity index (χ2v) is 9.95. The van der Waals surface area contributed by atoms with Gasteiger partial charge >= 0.3 is 12.1 Å². The lowest BCUT2D eigenvalue weighted by atomic mass is 9.82. The zero-order valence-electron chi connectivity index (χ0n) is 20.3. The lowest BCUT2D eigenvalue weighted by molar-refractivity contribution is -0.157. The first-order valence-electron chi connectivity index (χ1n) is 11.2. The summed E-state index contributed by atoms with van der Waals surface area (Å²) >= 11 is 6.01. The summed E-state index contributed by atoms with van der Waals surface area (Å²) in [5, 5.41) is 13.2. The number of halogens is 2. The highest BCUT2D eigenvalue weighted by molar-refractivity contribution is 6.30. The Labute approximate surface area is 205 Å². The van der Waals surface area contributed by atoms with Crippen molar-refractivity contribution in [2.75, 3.05) is 13.2 Å². The predicted molar refractivity (Wildman–Crippen MR) is 130 cm³/mol. The van der Waals surface area contributed by atoms with Crippen molar-refractivity contribution in [2.24, 2.45) is 5.41 Å². The van der Waals surface area contributed by atoms with E-state index in [9.17, 15) is 19.1 Å². The fourth-order valence-electron chi connectivity index (χ4n) is 3.53. The smallest absolute Gasteiger partial charge is 0.407 e. The van der Waals surface area contributed by atoms with Crippen molar-refractivity contribution < 1.29 is 28.6 Å². The summed E-state index contributed by atoms with van der Waals surface area (Å²) in [6, 6.07) is 11.0. The lowest BCUT2D eigenvalue weighted by Gasteiger charge is -2.31. The second kappa shape index (κ2) is 11.7. The summed E-state index contributed by atoms with van der Waals surface area (Å²) in [5.74, 6) is -0.921. The molecule has 0 spiro atoms. The van der Waals surface area contributed by atoms with Gasteiger partial charge in [0.05, 0.1) is 18.6 Å². The van der Waals surface area contributed by atoms with Crippen LogP contribution in [-0.2, 0) is 20.7 Å². The monoisotopic (exact) mass is 493 g/mol. The van der Waals surface area contributed by atoms with E-state index in [-0.39, 0.29) is 18.8 Å². The van der Waals surface area contributed by atoms with Crippen molar-refractivity contribution in [3.05, 3.63) is 58.9 Å². The number of hydrogen-bond donors (Lipinski definition) is 2. The Bertz CT molecular complexity index is 990. The number of benzene rings is 2. The Morgan fingerprint density at radius 1 is 1.12 bits per heavy atom. The van der Waals surface area contributed by atoms with E-state index < -0.39 is 35.7 Å². The number of aliphatic hydroxyl groups is 1. The van der Waals surface area contributed by atoms with Crippen LogP contribution in [0.5, 0.6) is 0 Å². The largest absolute Gasteiger partial charge is 0.466 e. The number of amides is 1. The van der Waals surface area contributed by atoms with E-state index in [0.29, 0.717) is 22.6 Å². The molecule has 2 unspecified atom stereocenters. The molecule has 8 heteroatoms. The van der Waals surface area contributed by atoms with Gasteiger partial charge in [0.25, 0.3) is 0 Å². The molecule has 2 N–H and O–H groups in total. The predicted octanol–water partition coefficient (Wildman–Crippen LogP) is 5.53. The normalized spacial score (nSPS) is 14.1. The average molecular weight is 494 g/mol. The Hall–Kier alpha value is -2.64. The van der Waals surface area contributed by atoms with Crippen molar-refractivity contribution in [3.63, 3.8) is 0 Å². The SMILES string of the molecule is CCOC(=O)C(C)(CO)CC(Cc1ccc(-c2cc(Cl)ccc2F)cc1)NC(=O)OC(C)(C)C. The van der Waals surface area contributed by atoms with Crippen molar-refractivity contribution in [2.45, 2.75) is 59.1 Å². The maximum atomic E-state index is 14.2. The topological polar surface area (TPSA) is 84.9 Å². The van der Waals surface area contributed by atoms with Crippen LogP contribution in [0.2, 0.25) is 5.02 Å². The molecule has 0 saturated carbocycles. The molecule has 0 aliphatic heterocycles. The van der Waals surface area contributed by atoms with Crippen LogP contribution in [0.3, 0.4) is 0 Å². The summed E-state index contributed by atoms with van der Waals surface area (Å²) < 4.78 is 24.7. The molecule has 0 aromatic heterocycles. The second-order valence-electron chi connectivity index (χ2n) is 9.51. The first-order chi connectivity index (χ1) is 15.9. The number of carbonyl (C=O) groups excluding carboxylic acids is 2. The molecular formula is C26H33ClFNO5. The molecule has 0 aliphatic rings. The number of rotatable bonds is 9. The van der Waals surface area contributed by atoms with Gasteiger partial charge in [-0.1, -0.05) is 35.9 Å². The van der Waals surface area contributed by atoms with Gasteiger partial charge < -0.3 is 19.9 Å². The summed E-state index contributed by atoms with van der Waals surface area (Å²) in [4.78, 5) is 25.0. The molecule has 2 aromatic carbocycles. The summed E-state index contributed by atoms with van der Waals surface area (Å²) in [6.07, 6.45) is -0.141. The number of carbonyl (C=O) groups is 2. The van der Waals surface area contributed by atoms with Crippen LogP contribution >= 0.6 is 11.6 Å². The van der Waals surface area contributed by atoms with E-state index in [4.69, 9.17) is 21.1 Å². The summed E-state index contributed by atoms with van der Waals surface area (Å²) in [6.45, 7) is 8.30. The van der Waals surface area contributed by atoms with Crippen LogP contribution in [0, 0.1) is 11.2 Å². The Balaban J connectivity index is 2.27. The Kier molecular flexibility index (Phi) is 9.47. The van der Waals surface area contributed by atoms with Crippen molar-refractivity contribution in [1.29, 1.82) is 0 Å². The highest BCUT2D eigenvalue weighted by Crippen LogP contribution is 2.29. The molecule has 0 saturated heterocycles. The lowest BCUT2D eigenvalue weighted by Crippen LogP contribution is -2.46. The average Bonchev–Trinajstić information content (AvgIpc) is 2.74. The van der Waals surface area contributed by atoms with E-state index in [1.54, 1.807) is 52.8 Å². The van der Waals surface area contributed by atoms with Crippen LogP contribution < -0.4 is 5.32 Å². The van der Waals surface area contributed by atoms with E-state index >= 15 is 0 Å².